The summed E-state index contributed by atoms with van der Waals surface area (Å²) in [6, 6.07) is 6.51. The predicted octanol–water partition coefficient (Wildman–Crippen LogP) is 2.59. The number of nitrogens with zero attached hydrogens (tertiary/aromatic N) is 1. The lowest BCUT2D eigenvalue weighted by Gasteiger charge is -2.13. The van der Waals surface area contributed by atoms with E-state index in [2.05, 4.69) is 10.3 Å². The lowest BCUT2D eigenvalue weighted by Crippen LogP contribution is -2.17. The summed E-state index contributed by atoms with van der Waals surface area (Å²) in [6.07, 6.45) is 0. The molecule has 2 rings (SSSR count). The van der Waals surface area contributed by atoms with Crippen LogP contribution in [0.5, 0.6) is 0 Å². The summed E-state index contributed by atoms with van der Waals surface area (Å²) in [5.74, 6) is -0.216. The Morgan fingerprint density at radius 1 is 1.33 bits per heavy atom. The maximum absolute atomic E-state index is 12.8. The standard InChI is InChI=1S/C11H11FN2S/c1-13-11(10-6-15-7-14-10)8-2-4-9(12)5-3-8/h2-7,11,13H,1H3. The second-order valence-electron chi connectivity index (χ2n) is 3.19. The molecule has 1 atom stereocenters. The van der Waals surface area contributed by atoms with Gasteiger partial charge in [-0.2, -0.15) is 0 Å². The summed E-state index contributed by atoms with van der Waals surface area (Å²) >= 11 is 1.56. The zero-order chi connectivity index (χ0) is 10.7. The van der Waals surface area contributed by atoms with E-state index in [1.165, 1.54) is 12.1 Å². The van der Waals surface area contributed by atoms with Crippen molar-refractivity contribution >= 4 is 11.3 Å². The maximum atomic E-state index is 12.8. The van der Waals surface area contributed by atoms with Crippen LogP contribution in [0.1, 0.15) is 17.3 Å². The molecule has 0 aliphatic heterocycles. The Hall–Kier alpha value is -1.26. The summed E-state index contributed by atoms with van der Waals surface area (Å²) in [7, 11) is 1.87. The molecule has 0 fully saturated rings. The quantitative estimate of drug-likeness (QED) is 0.863. The largest absolute Gasteiger partial charge is 0.308 e. The van der Waals surface area contributed by atoms with Crippen molar-refractivity contribution in [2.24, 2.45) is 0 Å². The highest BCUT2D eigenvalue weighted by Crippen LogP contribution is 2.21. The number of aromatic nitrogens is 1. The van der Waals surface area contributed by atoms with E-state index in [-0.39, 0.29) is 11.9 Å². The third kappa shape index (κ3) is 2.22. The van der Waals surface area contributed by atoms with Gasteiger partial charge in [-0.05, 0) is 24.7 Å². The molecule has 1 heterocycles. The number of benzene rings is 1. The highest BCUT2D eigenvalue weighted by atomic mass is 32.1. The van der Waals surface area contributed by atoms with Crippen molar-refractivity contribution in [3.63, 3.8) is 0 Å². The molecule has 1 unspecified atom stereocenters. The molecule has 78 valence electrons. The monoisotopic (exact) mass is 222 g/mol. The van der Waals surface area contributed by atoms with E-state index in [1.807, 2.05) is 12.4 Å². The van der Waals surface area contributed by atoms with E-state index in [0.29, 0.717) is 0 Å². The van der Waals surface area contributed by atoms with E-state index in [0.717, 1.165) is 11.3 Å². The maximum Gasteiger partial charge on any atom is 0.123 e. The van der Waals surface area contributed by atoms with Gasteiger partial charge in [0.15, 0.2) is 0 Å². The highest BCUT2D eigenvalue weighted by molar-refractivity contribution is 7.07. The normalized spacial score (nSPS) is 12.7. The molecule has 2 aromatic rings. The molecule has 0 saturated heterocycles. The van der Waals surface area contributed by atoms with Gasteiger partial charge in [-0.3, -0.25) is 0 Å². The number of halogens is 1. The molecule has 0 bridgehead atoms. The Kier molecular flexibility index (Phi) is 3.08. The summed E-state index contributed by atoms with van der Waals surface area (Å²) in [4.78, 5) is 4.25. The first-order valence-electron chi connectivity index (χ1n) is 4.62. The third-order valence-corrected chi connectivity index (χ3v) is 2.84. The fraction of sp³-hybridized carbons (Fsp3) is 0.182. The van der Waals surface area contributed by atoms with Crippen LogP contribution in [0.25, 0.3) is 0 Å². The van der Waals surface area contributed by atoms with Crippen LogP contribution in [0.15, 0.2) is 35.2 Å². The number of hydrogen-bond acceptors (Lipinski definition) is 3. The van der Waals surface area contributed by atoms with Crippen molar-refractivity contribution < 1.29 is 4.39 Å². The predicted molar refractivity (Wildman–Crippen MR) is 59.4 cm³/mol. The van der Waals surface area contributed by atoms with Gasteiger partial charge in [0, 0.05) is 5.38 Å². The van der Waals surface area contributed by atoms with Gasteiger partial charge in [0.1, 0.15) is 5.82 Å². The minimum Gasteiger partial charge on any atom is -0.308 e. The summed E-state index contributed by atoms with van der Waals surface area (Å²) in [5.41, 5.74) is 3.78. The SMILES string of the molecule is CNC(c1ccc(F)cc1)c1cscn1. The third-order valence-electron chi connectivity index (χ3n) is 2.24. The van der Waals surface area contributed by atoms with Crippen LogP contribution in [-0.4, -0.2) is 12.0 Å². The molecule has 4 heteroatoms. The lowest BCUT2D eigenvalue weighted by atomic mass is 10.1. The van der Waals surface area contributed by atoms with Gasteiger partial charge >= 0.3 is 0 Å². The van der Waals surface area contributed by atoms with E-state index in [9.17, 15) is 4.39 Å². The van der Waals surface area contributed by atoms with E-state index in [4.69, 9.17) is 0 Å². The second-order valence-corrected chi connectivity index (χ2v) is 3.91. The summed E-state index contributed by atoms with van der Waals surface area (Å²) in [5, 5.41) is 5.15. The first kappa shape index (κ1) is 10.3. The van der Waals surface area contributed by atoms with Crippen molar-refractivity contribution in [3.05, 3.63) is 52.2 Å². The van der Waals surface area contributed by atoms with Crippen LogP contribution in [0.3, 0.4) is 0 Å². The molecule has 15 heavy (non-hydrogen) atoms. The first-order chi connectivity index (χ1) is 7.31. The minimum atomic E-state index is -0.216. The van der Waals surface area contributed by atoms with Gasteiger partial charge in [0.2, 0.25) is 0 Å². The smallest absolute Gasteiger partial charge is 0.123 e. The minimum absolute atomic E-state index is 0.0387. The Balaban J connectivity index is 2.31. The van der Waals surface area contributed by atoms with Gasteiger partial charge in [0.25, 0.3) is 0 Å². The number of nitrogens with one attached hydrogen (secondary N) is 1. The number of rotatable bonds is 3. The average molecular weight is 222 g/mol. The number of hydrogen-bond donors (Lipinski definition) is 1. The molecule has 0 aliphatic rings. The van der Waals surface area contributed by atoms with E-state index < -0.39 is 0 Å². The molecule has 0 radical (unpaired) electrons. The average Bonchev–Trinajstić information content (AvgIpc) is 2.75. The molecule has 0 amide bonds. The molecule has 0 spiro atoms. The first-order valence-corrected chi connectivity index (χ1v) is 5.56. The van der Waals surface area contributed by atoms with Crippen LogP contribution in [0.4, 0.5) is 4.39 Å². The van der Waals surface area contributed by atoms with Gasteiger partial charge in [-0.15, -0.1) is 11.3 Å². The van der Waals surface area contributed by atoms with Crippen molar-refractivity contribution in [2.45, 2.75) is 6.04 Å². The molecule has 0 saturated carbocycles. The Morgan fingerprint density at radius 3 is 2.60 bits per heavy atom. The van der Waals surface area contributed by atoms with Crippen LogP contribution in [-0.2, 0) is 0 Å². The van der Waals surface area contributed by atoms with Gasteiger partial charge in [-0.25, -0.2) is 9.37 Å². The van der Waals surface area contributed by atoms with Crippen LogP contribution < -0.4 is 5.32 Å². The van der Waals surface area contributed by atoms with Crippen molar-refractivity contribution in [1.29, 1.82) is 0 Å². The van der Waals surface area contributed by atoms with Crippen molar-refractivity contribution in [3.8, 4) is 0 Å². The molecule has 1 aromatic heterocycles. The van der Waals surface area contributed by atoms with Gasteiger partial charge < -0.3 is 5.32 Å². The molecular formula is C11H11FN2S. The zero-order valence-electron chi connectivity index (χ0n) is 8.27. The van der Waals surface area contributed by atoms with E-state index in [1.54, 1.807) is 29.0 Å². The molecule has 1 N–H and O–H groups in total. The Labute approximate surface area is 91.8 Å². The fourth-order valence-electron chi connectivity index (χ4n) is 1.50. The second kappa shape index (κ2) is 4.51. The summed E-state index contributed by atoms with van der Waals surface area (Å²) < 4.78 is 12.8. The van der Waals surface area contributed by atoms with Crippen LogP contribution >= 0.6 is 11.3 Å². The van der Waals surface area contributed by atoms with Crippen LogP contribution in [0.2, 0.25) is 0 Å². The summed E-state index contributed by atoms with van der Waals surface area (Å²) in [6.45, 7) is 0. The van der Waals surface area contributed by atoms with Gasteiger partial charge in [0.05, 0.1) is 17.2 Å². The highest BCUT2D eigenvalue weighted by Gasteiger charge is 2.13. The Bertz CT molecular complexity index is 411. The van der Waals surface area contributed by atoms with Crippen molar-refractivity contribution in [1.82, 2.24) is 10.3 Å². The molecular weight excluding hydrogens is 211 g/mol. The molecule has 2 nitrogen and oxygen atoms in total. The fourth-order valence-corrected chi connectivity index (χ4v) is 2.08. The number of thiazole rings is 1. The zero-order valence-corrected chi connectivity index (χ0v) is 9.09. The lowest BCUT2D eigenvalue weighted by molar-refractivity contribution is 0.622. The molecule has 1 aromatic carbocycles. The van der Waals surface area contributed by atoms with Gasteiger partial charge in [-0.1, -0.05) is 12.1 Å². The van der Waals surface area contributed by atoms with Crippen molar-refractivity contribution in [2.75, 3.05) is 7.05 Å². The van der Waals surface area contributed by atoms with E-state index >= 15 is 0 Å². The molecule has 0 aliphatic carbocycles. The topological polar surface area (TPSA) is 24.9 Å². The Morgan fingerprint density at radius 2 is 2.07 bits per heavy atom. The van der Waals surface area contributed by atoms with Crippen LogP contribution in [0, 0.1) is 5.82 Å².